The molecular weight excluding hydrogens is 214 g/mol. The number of aryl methyl sites for hydroxylation is 1. The minimum Gasteiger partial charge on any atom is -0.381 e. The molecule has 4 nitrogen and oxygen atoms in total. The SMILES string of the molecule is COC1CCCC(n2nc(C)c(CN)c2C)C1. The number of aromatic nitrogens is 2. The molecule has 0 bridgehead atoms. The van der Waals surface area contributed by atoms with Crippen LogP contribution in [0.1, 0.15) is 48.7 Å². The van der Waals surface area contributed by atoms with Gasteiger partial charge >= 0.3 is 0 Å². The third-order valence-corrected chi connectivity index (χ3v) is 3.96. The first-order valence-corrected chi connectivity index (χ1v) is 6.44. The van der Waals surface area contributed by atoms with Crippen molar-refractivity contribution in [3.05, 3.63) is 17.0 Å². The fourth-order valence-electron chi connectivity index (χ4n) is 2.90. The van der Waals surface area contributed by atoms with E-state index < -0.39 is 0 Å². The molecule has 2 N–H and O–H groups in total. The number of rotatable bonds is 3. The average Bonchev–Trinajstić information content (AvgIpc) is 2.64. The quantitative estimate of drug-likeness (QED) is 0.875. The van der Waals surface area contributed by atoms with Crippen molar-refractivity contribution in [2.24, 2.45) is 5.73 Å². The van der Waals surface area contributed by atoms with Crippen molar-refractivity contribution in [1.82, 2.24) is 9.78 Å². The van der Waals surface area contributed by atoms with Crippen LogP contribution in [0, 0.1) is 13.8 Å². The van der Waals surface area contributed by atoms with Crippen LogP contribution in [0.15, 0.2) is 0 Å². The fourth-order valence-corrected chi connectivity index (χ4v) is 2.90. The summed E-state index contributed by atoms with van der Waals surface area (Å²) >= 11 is 0. The maximum absolute atomic E-state index is 5.77. The van der Waals surface area contributed by atoms with E-state index in [1.807, 2.05) is 6.92 Å². The van der Waals surface area contributed by atoms with Crippen LogP contribution in [-0.2, 0) is 11.3 Å². The molecule has 2 unspecified atom stereocenters. The zero-order chi connectivity index (χ0) is 12.4. The maximum Gasteiger partial charge on any atom is 0.0641 e. The molecule has 2 rings (SSSR count). The molecule has 0 aromatic carbocycles. The van der Waals surface area contributed by atoms with Gasteiger partial charge in [0.05, 0.1) is 17.8 Å². The number of methoxy groups -OCH3 is 1. The standard InChI is InChI=1S/C13H23N3O/c1-9-13(8-14)10(2)16(15-9)11-5-4-6-12(7-11)17-3/h11-12H,4-8,14H2,1-3H3. The Morgan fingerprint density at radius 1 is 1.41 bits per heavy atom. The van der Waals surface area contributed by atoms with Crippen LogP contribution in [0.3, 0.4) is 0 Å². The van der Waals surface area contributed by atoms with Gasteiger partial charge in [0.25, 0.3) is 0 Å². The minimum absolute atomic E-state index is 0.388. The maximum atomic E-state index is 5.77. The van der Waals surface area contributed by atoms with E-state index in [9.17, 15) is 0 Å². The number of ether oxygens (including phenoxy) is 1. The topological polar surface area (TPSA) is 53.1 Å². The van der Waals surface area contributed by atoms with Crippen LogP contribution in [0.4, 0.5) is 0 Å². The van der Waals surface area contributed by atoms with E-state index in [1.165, 1.54) is 30.5 Å². The number of hydrogen-bond donors (Lipinski definition) is 1. The Bertz CT molecular complexity index is 386. The van der Waals surface area contributed by atoms with Gasteiger partial charge in [0.1, 0.15) is 0 Å². The Morgan fingerprint density at radius 2 is 2.18 bits per heavy atom. The van der Waals surface area contributed by atoms with Crippen molar-refractivity contribution in [2.75, 3.05) is 7.11 Å². The number of hydrogen-bond acceptors (Lipinski definition) is 3. The first-order valence-electron chi connectivity index (χ1n) is 6.44. The third kappa shape index (κ3) is 2.38. The molecule has 0 spiro atoms. The summed E-state index contributed by atoms with van der Waals surface area (Å²) in [6.07, 6.45) is 5.06. The lowest BCUT2D eigenvalue weighted by Crippen LogP contribution is -2.25. The molecule has 1 aromatic rings. The van der Waals surface area contributed by atoms with Gasteiger partial charge in [-0.2, -0.15) is 5.10 Å². The molecule has 1 aliphatic rings. The largest absolute Gasteiger partial charge is 0.381 e. The molecule has 0 radical (unpaired) electrons. The van der Waals surface area contributed by atoms with E-state index in [1.54, 1.807) is 7.11 Å². The van der Waals surface area contributed by atoms with E-state index in [-0.39, 0.29) is 0 Å². The van der Waals surface area contributed by atoms with E-state index in [0.717, 1.165) is 12.1 Å². The second-order valence-corrected chi connectivity index (χ2v) is 4.98. The van der Waals surface area contributed by atoms with Crippen LogP contribution in [0.2, 0.25) is 0 Å². The summed E-state index contributed by atoms with van der Waals surface area (Å²) in [6.45, 7) is 4.75. The van der Waals surface area contributed by atoms with E-state index in [2.05, 4.69) is 16.7 Å². The highest BCUT2D eigenvalue weighted by atomic mass is 16.5. The fraction of sp³-hybridized carbons (Fsp3) is 0.769. The van der Waals surface area contributed by atoms with Crippen LogP contribution in [-0.4, -0.2) is 23.0 Å². The molecule has 96 valence electrons. The van der Waals surface area contributed by atoms with Gasteiger partial charge in [-0.15, -0.1) is 0 Å². The van der Waals surface area contributed by atoms with Crippen molar-refractivity contribution in [3.63, 3.8) is 0 Å². The lowest BCUT2D eigenvalue weighted by Gasteiger charge is -2.29. The Balaban J connectivity index is 2.22. The molecule has 1 fully saturated rings. The van der Waals surface area contributed by atoms with Gasteiger partial charge in [-0.3, -0.25) is 4.68 Å². The van der Waals surface area contributed by atoms with Crippen molar-refractivity contribution >= 4 is 0 Å². The summed E-state index contributed by atoms with van der Waals surface area (Å²) in [5.41, 5.74) is 9.27. The van der Waals surface area contributed by atoms with E-state index in [4.69, 9.17) is 10.5 Å². The summed E-state index contributed by atoms with van der Waals surface area (Å²) in [4.78, 5) is 0. The Kier molecular flexibility index (Phi) is 3.84. The zero-order valence-corrected chi connectivity index (χ0v) is 11.1. The summed E-state index contributed by atoms with van der Waals surface area (Å²) in [5.74, 6) is 0. The van der Waals surface area contributed by atoms with E-state index >= 15 is 0 Å². The van der Waals surface area contributed by atoms with Crippen molar-refractivity contribution in [3.8, 4) is 0 Å². The van der Waals surface area contributed by atoms with Gasteiger partial charge in [-0.25, -0.2) is 0 Å². The molecule has 0 amide bonds. The summed E-state index contributed by atoms with van der Waals surface area (Å²) in [5, 5.41) is 4.65. The Labute approximate surface area is 103 Å². The molecule has 1 saturated carbocycles. The normalized spacial score (nSPS) is 25.2. The van der Waals surface area contributed by atoms with Gasteiger partial charge in [0.2, 0.25) is 0 Å². The number of nitrogens with zero attached hydrogens (tertiary/aromatic N) is 2. The third-order valence-electron chi connectivity index (χ3n) is 3.96. The molecule has 2 atom stereocenters. The molecular formula is C13H23N3O. The van der Waals surface area contributed by atoms with Crippen molar-refractivity contribution in [1.29, 1.82) is 0 Å². The van der Waals surface area contributed by atoms with Gasteiger partial charge in [0.15, 0.2) is 0 Å². The first-order chi connectivity index (χ1) is 8.17. The Morgan fingerprint density at radius 3 is 2.76 bits per heavy atom. The summed E-state index contributed by atoms with van der Waals surface area (Å²) in [7, 11) is 1.81. The predicted octanol–water partition coefficient (Wildman–Crippen LogP) is 2.09. The molecule has 1 aromatic heterocycles. The first kappa shape index (κ1) is 12.6. The average molecular weight is 237 g/mol. The van der Waals surface area contributed by atoms with Gasteiger partial charge in [-0.05, 0) is 39.5 Å². The molecule has 1 aliphatic carbocycles. The zero-order valence-electron chi connectivity index (χ0n) is 11.1. The highest BCUT2D eigenvalue weighted by Gasteiger charge is 2.25. The summed E-state index contributed by atoms with van der Waals surface area (Å²) < 4.78 is 7.65. The number of nitrogens with two attached hydrogens (primary N) is 1. The lowest BCUT2D eigenvalue weighted by atomic mass is 9.93. The van der Waals surface area contributed by atoms with Crippen LogP contribution < -0.4 is 5.73 Å². The van der Waals surface area contributed by atoms with Gasteiger partial charge in [0, 0.05) is 24.9 Å². The second-order valence-electron chi connectivity index (χ2n) is 4.98. The molecule has 4 heteroatoms. The van der Waals surface area contributed by atoms with Crippen molar-refractivity contribution in [2.45, 2.75) is 58.2 Å². The molecule has 0 aliphatic heterocycles. The monoisotopic (exact) mass is 237 g/mol. The second kappa shape index (κ2) is 5.19. The minimum atomic E-state index is 0.388. The van der Waals surface area contributed by atoms with E-state index in [0.29, 0.717) is 18.7 Å². The highest BCUT2D eigenvalue weighted by Crippen LogP contribution is 2.31. The van der Waals surface area contributed by atoms with Gasteiger partial charge < -0.3 is 10.5 Å². The molecule has 1 heterocycles. The smallest absolute Gasteiger partial charge is 0.0641 e. The van der Waals surface area contributed by atoms with Crippen LogP contribution in [0.5, 0.6) is 0 Å². The van der Waals surface area contributed by atoms with Gasteiger partial charge in [-0.1, -0.05) is 0 Å². The molecule has 17 heavy (non-hydrogen) atoms. The Hall–Kier alpha value is -0.870. The molecule has 0 saturated heterocycles. The summed E-state index contributed by atoms with van der Waals surface area (Å²) in [6, 6.07) is 0.479. The highest BCUT2D eigenvalue weighted by molar-refractivity contribution is 5.24. The van der Waals surface area contributed by atoms with Crippen LogP contribution in [0.25, 0.3) is 0 Å². The predicted molar refractivity (Wildman–Crippen MR) is 67.9 cm³/mol. The lowest BCUT2D eigenvalue weighted by molar-refractivity contribution is 0.0503. The van der Waals surface area contributed by atoms with Crippen LogP contribution >= 0.6 is 0 Å². The van der Waals surface area contributed by atoms with Crippen molar-refractivity contribution < 1.29 is 4.74 Å².